The zero-order valence-electron chi connectivity index (χ0n) is 10.3. The lowest BCUT2D eigenvalue weighted by Crippen LogP contribution is -2.16. The van der Waals surface area contributed by atoms with Crippen molar-refractivity contribution in [2.45, 2.75) is 26.2 Å². The van der Waals surface area contributed by atoms with Gasteiger partial charge in [0.25, 0.3) is 0 Å². The van der Waals surface area contributed by atoms with Crippen molar-refractivity contribution in [3.8, 4) is 5.75 Å². The maximum absolute atomic E-state index is 11.2. The van der Waals surface area contributed by atoms with Crippen molar-refractivity contribution in [2.24, 2.45) is 5.10 Å². The number of hydrazone groups is 1. The number of carbonyl (C=O) groups excluding carboxylic acids is 1. The summed E-state index contributed by atoms with van der Waals surface area (Å²) in [4.78, 5) is 11.2. The van der Waals surface area contributed by atoms with Crippen LogP contribution < -0.4 is 10.2 Å². The maximum atomic E-state index is 11.2. The largest absolute Gasteiger partial charge is 0.497 e. The van der Waals surface area contributed by atoms with E-state index >= 15 is 0 Å². The smallest absolute Gasteiger partial charge is 0.240 e. The van der Waals surface area contributed by atoms with Gasteiger partial charge in [-0.15, -0.1) is 0 Å². The minimum atomic E-state index is -0.0448. The zero-order valence-corrected chi connectivity index (χ0v) is 10.3. The number of nitrogens with one attached hydrogen (secondary N) is 1. The van der Waals surface area contributed by atoms with E-state index in [-0.39, 0.29) is 5.91 Å². The van der Waals surface area contributed by atoms with Crippen LogP contribution in [0.5, 0.6) is 5.75 Å². The molecule has 1 aromatic carbocycles. The summed E-state index contributed by atoms with van der Waals surface area (Å²) in [6, 6.07) is 7.45. The average molecular weight is 234 g/mol. The molecule has 0 bridgehead atoms. The Labute approximate surface area is 102 Å². The van der Waals surface area contributed by atoms with Crippen LogP contribution in [0.1, 0.15) is 31.7 Å². The number of amides is 1. The topological polar surface area (TPSA) is 50.7 Å². The molecule has 0 unspecified atom stereocenters. The number of methoxy groups -OCH3 is 1. The Morgan fingerprint density at radius 2 is 2.12 bits per heavy atom. The van der Waals surface area contributed by atoms with E-state index in [0.29, 0.717) is 6.42 Å². The van der Waals surface area contributed by atoms with Gasteiger partial charge in [-0.2, -0.15) is 5.10 Å². The van der Waals surface area contributed by atoms with Crippen LogP contribution in [0.2, 0.25) is 0 Å². The molecule has 0 saturated heterocycles. The van der Waals surface area contributed by atoms with Crippen LogP contribution in [-0.4, -0.2) is 19.2 Å². The average Bonchev–Trinajstić information content (AvgIpc) is 2.37. The zero-order chi connectivity index (χ0) is 12.5. The minimum absolute atomic E-state index is 0.0448. The first-order chi connectivity index (χ1) is 8.26. The monoisotopic (exact) mass is 234 g/mol. The van der Waals surface area contributed by atoms with Gasteiger partial charge in [-0.3, -0.25) is 4.79 Å². The molecular formula is C13H18N2O2. The highest BCUT2D eigenvalue weighted by Crippen LogP contribution is 2.09. The Bertz CT molecular complexity index is 372. The van der Waals surface area contributed by atoms with Gasteiger partial charge in [0.15, 0.2) is 0 Å². The van der Waals surface area contributed by atoms with Crippen molar-refractivity contribution in [3.63, 3.8) is 0 Å². The van der Waals surface area contributed by atoms with E-state index in [4.69, 9.17) is 4.74 Å². The molecule has 0 heterocycles. The van der Waals surface area contributed by atoms with Gasteiger partial charge >= 0.3 is 0 Å². The SMILES string of the molecule is CCCCC(=O)NN=Cc1ccc(OC)cc1. The van der Waals surface area contributed by atoms with Crippen molar-refractivity contribution >= 4 is 12.1 Å². The molecule has 0 aliphatic rings. The Morgan fingerprint density at radius 1 is 1.41 bits per heavy atom. The molecule has 0 aliphatic carbocycles. The van der Waals surface area contributed by atoms with E-state index in [1.807, 2.05) is 31.2 Å². The number of ether oxygens (including phenoxy) is 1. The van der Waals surface area contributed by atoms with Crippen molar-refractivity contribution in [1.82, 2.24) is 5.43 Å². The van der Waals surface area contributed by atoms with E-state index < -0.39 is 0 Å². The second-order valence-electron chi connectivity index (χ2n) is 3.67. The molecule has 0 fully saturated rings. The summed E-state index contributed by atoms with van der Waals surface area (Å²) < 4.78 is 5.04. The Kier molecular flexibility index (Phi) is 5.79. The lowest BCUT2D eigenvalue weighted by atomic mass is 10.2. The van der Waals surface area contributed by atoms with Crippen molar-refractivity contribution in [3.05, 3.63) is 29.8 Å². The number of rotatable bonds is 6. The highest BCUT2D eigenvalue weighted by molar-refractivity contribution is 5.82. The van der Waals surface area contributed by atoms with E-state index in [1.165, 1.54) is 0 Å². The summed E-state index contributed by atoms with van der Waals surface area (Å²) >= 11 is 0. The lowest BCUT2D eigenvalue weighted by molar-refractivity contribution is -0.121. The second kappa shape index (κ2) is 7.44. The van der Waals surface area contributed by atoms with Crippen LogP contribution >= 0.6 is 0 Å². The van der Waals surface area contributed by atoms with Crippen molar-refractivity contribution in [2.75, 3.05) is 7.11 Å². The van der Waals surface area contributed by atoms with Crippen LogP contribution in [0.3, 0.4) is 0 Å². The highest BCUT2D eigenvalue weighted by Gasteiger charge is 1.96. The van der Waals surface area contributed by atoms with Gasteiger partial charge in [-0.1, -0.05) is 13.3 Å². The molecule has 1 amide bonds. The number of hydrogen-bond acceptors (Lipinski definition) is 3. The lowest BCUT2D eigenvalue weighted by Gasteiger charge is -1.99. The van der Waals surface area contributed by atoms with Gasteiger partial charge in [0.05, 0.1) is 13.3 Å². The summed E-state index contributed by atoms with van der Waals surface area (Å²) in [5.41, 5.74) is 3.41. The Hall–Kier alpha value is -1.84. The summed E-state index contributed by atoms with van der Waals surface area (Å²) in [5.74, 6) is 0.755. The predicted molar refractivity (Wildman–Crippen MR) is 68.3 cm³/mol. The normalized spacial score (nSPS) is 10.5. The van der Waals surface area contributed by atoms with E-state index in [2.05, 4.69) is 10.5 Å². The first kappa shape index (κ1) is 13.2. The molecule has 1 N–H and O–H groups in total. The molecular weight excluding hydrogens is 216 g/mol. The molecule has 1 aromatic rings. The second-order valence-corrected chi connectivity index (χ2v) is 3.67. The van der Waals surface area contributed by atoms with Crippen molar-refractivity contribution in [1.29, 1.82) is 0 Å². The van der Waals surface area contributed by atoms with E-state index in [0.717, 1.165) is 24.2 Å². The molecule has 92 valence electrons. The van der Waals surface area contributed by atoms with Crippen LogP contribution in [0.15, 0.2) is 29.4 Å². The fourth-order valence-electron chi connectivity index (χ4n) is 1.26. The van der Waals surface area contributed by atoms with Crippen LogP contribution in [0.4, 0.5) is 0 Å². The number of carbonyl (C=O) groups is 1. The van der Waals surface area contributed by atoms with Crippen LogP contribution in [0.25, 0.3) is 0 Å². The fraction of sp³-hybridized carbons (Fsp3) is 0.385. The first-order valence-corrected chi connectivity index (χ1v) is 5.72. The van der Waals surface area contributed by atoms with Gasteiger partial charge in [0, 0.05) is 6.42 Å². The predicted octanol–water partition coefficient (Wildman–Crippen LogP) is 2.34. The molecule has 0 radical (unpaired) electrons. The minimum Gasteiger partial charge on any atom is -0.497 e. The third-order valence-corrected chi connectivity index (χ3v) is 2.28. The molecule has 17 heavy (non-hydrogen) atoms. The van der Waals surface area contributed by atoms with E-state index in [1.54, 1.807) is 13.3 Å². The van der Waals surface area contributed by atoms with Crippen LogP contribution in [0, 0.1) is 0 Å². The molecule has 0 aromatic heterocycles. The molecule has 0 spiro atoms. The molecule has 4 heteroatoms. The maximum Gasteiger partial charge on any atom is 0.240 e. The highest BCUT2D eigenvalue weighted by atomic mass is 16.5. The molecule has 0 atom stereocenters. The van der Waals surface area contributed by atoms with Crippen LogP contribution in [-0.2, 0) is 4.79 Å². The number of nitrogens with zero attached hydrogens (tertiary/aromatic N) is 1. The van der Waals surface area contributed by atoms with Gasteiger partial charge < -0.3 is 4.74 Å². The summed E-state index contributed by atoms with van der Waals surface area (Å²) in [6.45, 7) is 2.05. The summed E-state index contributed by atoms with van der Waals surface area (Å²) in [7, 11) is 1.62. The van der Waals surface area contributed by atoms with Gasteiger partial charge in [-0.25, -0.2) is 5.43 Å². The van der Waals surface area contributed by atoms with Gasteiger partial charge in [-0.05, 0) is 36.2 Å². The quantitative estimate of drug-likeness (QED) is 0.606. The van der Waals surface area contributed by atoms with E-state index in [9.17, 15) is 4.79 Å². The van der Waals surface area contributed by atoms with Gasteiger partial charge in [0.1, 0.15) is 5.75 Å². The third kappa shape index (κ3) is 5.15. The molecule has 0 saturated carbocycles. The number of unbranched alkanes of at least 4 members (excludes halogenated alkanes) is 1. The Morgan fingerprint density at radius 3 is 2.71 bits per heavy atom. The standard InChI is InChI=1S/C13H18N2O2/c1-3-4-5-13(16)15-14-10-11-6-8-12(17-2)9-7-11/h6-10H,3-5H2,1-2H3,(H,15,16). The number of benzene rings is 1. The van der Waals surface area contributed by atoms with Crippen molar-refractivity contribution < 1.29 is 9.53 Å². The first-order valence-electron chi connectivity index (χ1n) is 5.72. The Balaban J connectivity index is 2.39. The molecule has 4 nitrogen and oxygen atoms in total. The third-order valence-electron chi connectivity index (χ3n) is 2.28. The summed E-state index contributed by atoms with van der Waals surface area (Å²) in [5, 5.41) is 3.88. The molecule has 1 rings (SSSR count). The molecule has 0 aliphatic heterocycles. The fourth-order valence-corrected chi connectivity index (χ4v) is 1.26. The van der Waals surface area contributed by atoms with Gasteiger partial charge in [0.2, 0.25) is 5.91 Å². The number of hydrogen-bond donors (Lipinski definition) is 1. The summed E-state index contributed by atoms with van der Waals surface area (Å²) in [6.07, 6.45) is 4.04.